The maximum absolute atomic E-state index is 13.7. The largest absolute Gasteiger partial charge is 0.493 e. The summed E-state index contributed by atoms with van der Waals surface area (Å²) in [5, 5.41) is 0. The van der Waals surface area contributed by atoms with Crippen LogP contribution < -0.4 is 14.2 Å². The first-order valence-corrected chi connectivity index (χ1v) is 12.2. The lowest BCUT2D eigenvalue weighted by Gasteiger charge is -2.37. The van der Waals surface area contributed by atoms with Gasteiger partial charge in [-0.3, -0.25) is 4.79 Å². The van der Waals surface area contributed by atoms with Crippen LogP contribution in [-0.4, -0.2) is 38.2 Å². The van der Waals surface area contributed by atoms with Gasteiger partial charge in [-0.2, -0.15) is 0 Å². The van der Waals surface area contributed by atoms with E-state index >= 15 is 0 Å². The van der Waals surface area contributed by atoms with Crippen molar-refractivity contribution < 1.29 is 19.0 Å². The second-order valence-corrected chi connectivity index (χ2v) is 9.50. The van der Waals surface area contributed by atoms with Gasteiger partial charge in [-0.15, -0.1) is 0 Å². The number of ether oxygens (including phenoxy) is 3. The van der Waals surface area contributed by atoms with Gasteiger partial charge >= 0.3 is 0 Å². The van der Waals surface area contributed by atoms with E-state index in [0.29, 0.717) is 36.1 Å². The number of benzene rings is 3. The number of methoxy groups -OCH3 is 2. The van der Waals surface area contributed by atoms with Crippen LogP contribution in [0.3, 0.4) is 0 Å². The van der Waals surface area contributed by atoms with Gasteiger partial charge in [0.2, 0.25) is 0 Å². The lowest BCUT2D eigenvalue weighted by atomic mass is 9.91. The molecule has 1 aliphatic heterocycles. The van der Waals surface area contributed by atoms with E-state index in [-0.39, 0.29) is 11.9 Å². The van der Waals surface area contributed by atoms with Crippen LogP contribution in [-0.2, 0) is 6.42 Å². The Morgan fingerprint density at radius 3 is 2.26 bits per heavy atom. The van der Waals surface area contributed by atoms with Gasteiger partial charge in [-0.05, 0) is 90.4 Å². The molecule has 1 unspecified atom stereocenters. The Kier molecular flexibility index (Phi) is 7.34. The molecule has 0 saturated carbocycles. The third kappa shape index (κ3) is 5.14. The van der Waals surface area contributed by atoms with Gasteiger partial charge in [0.15, 0.2) is 11.5 Å². The third-order valence-electron chi connectivity index (χ3n) is 6.97. The SMILES string of the molecule is COc1cc2c(cc1OC)C(COc1ccc(C(C)C)cc1)N(C(=O)c1ccc(C)c(C)c1)CC2. The summed E-state index contributed by atoms with van der Waals surface area (Å²) in [6, 6.07) is 17.9. The second kappa shape index (κ2) is 10.4. The lowest BCUT2D eigenvalue weighted by Crippen LogP contribution is -2.42. The van der Waals surface area contributed by atoms with E-state index in [0.717, 1.165) is 28.9 Å². The standard InChI is InChI=1S/C30H35NO4/c1-19(2)22-9-11-25(12-10-22)35-18-27-26-17-29(34-6)28(33-5)16-23(26)13-14-31(27)30(32)24-8-7-20(3)21(4)15-24/h7-12,15-17,19,27H,13-14,18H2,1-6H3. The highest BCUT2D eigenvalue weighted by atomic mass is 16.5. The molecule has 3 aromatic carbocycles. The van der Waals surface area contributed by atoms with Gasteiger partial charge in [0.1, 0.15) is 12.4 Å². The van der Waals surface area contributed by atoms with E-state index in [9.17, 15) is 4.79 Å². The van der Waals surface area contributed by atoms with Crippen LogP contribution in [0.5, 0.6) is 17.2 Å². The Morgan fingerprint density at radius 1 is 0.943 bits per heavy atom. The van der Waals surface area contributed by atoms with Crippen LogP contribution in [0.25, 0.3) is 0 Å². The first-order valence-electron chi connectivity index (χ1n) is 12.2. The number of hydrogen-bond donors (Lipinski definition) is 0. The summed E-state index contributed by atoms with van der Waals surface area (Å²) in [4.78, 5) is 15.6. The number of hydrogen-bond acceptors (Lipinski definition) is 4. The minimum absolute atomic E-state index is 0.0114. The molecular formula is C30H35NO4. The lowest BCUT2D eigenvalue weighted by molar-refractivity contribution is 0.0589. The first kappa shape index (κ1) is 24.6. The first-order chi connectivity index (χ1) is 16.8. The maximum Gasteiger partial charge on any atom is 0.254 e. The fourth-order valence-electron chi connectivity index (χ4n) is 4.62. The molecule has 0 N–H and O–H groups in total. The van der Waals surface area contributed by atoms with Crippen LogP contribution in [0.2, 0.25) is 0 Å². The number of carbonyl (C=O) groups is 1. The predicted octanol–water partition coefficient (Wildman–Crippen LogP) is 6.26. The molecule has 0 saturated heterocycles. The average Bonchev–Trinajstić information content (AvgIpc) is 2.87. The molecule has 184 valence electrons. The quantitative estimate of drug-likeness (QED) is 0.406. The van der Waals surface area contributed by atoms with Crippen molar-refractivity contribution in [3.63, 3.8) is 0 Å². The Hall–Kier alpha value is -3.47. The fraction of sp³-hybridized carbons (Fsp3) is 0.367. The molecule has 0 radical (unpaired) electrons. The summed E-state index contributed by atoms with van der Waals surface area (Å²) in [6.45, 7) is 9.39. The van der Waals surface area contributed by atoms with Gasteiger partial charge in [-0.1, -0.05) is 32.0 Å². The summed E-state index contributed by atoms with van der Waals surface area (Å²) in [6.07, 6.45) is 0.742. The van der Waals surface area contributed by atoms with Gasteiger partial charge in [-0.25, -0.2) is 0 Å². The normalized spacial score (nSPS) is 15.1. The number of carbonyl (C=O) groups excluding carboxylic acids is 1. The molecule has 4 rings (SSSR count). The van der Waals surface area contributed by atoms with Crippen molar-refractivity contribution in [2.45, 2.75) is 46.1 Å². The number of amides is 1. The van der Waals surface area contributed by atoms with E-state index in [1.165, 1.54) is 11.1 Å². The van der Waals surface area contributed by atoms with E-state index < -0.39 is 0 Å². The zero-order valence-electron chi connectivity index (χ0n) is 21.6. The summed E-state index contributed by atoms with van der Waals surface area (Å²) >= 11 is 0. The van der Waals surface area contributed by atoms with Crippen LogP contribution >= 0.6 is 0 Å². The Balaban J connectivity index is 1.68. The molecule has 1 heterocycles. The molecule has 1 aliphatic rings. The number of fused-ring (bicyclic) bond motifs is 1. The second-order valence-electron chi connectivity index (χ2n) is 9.50. The summed E-state index contributed by atoms with van der Waals surface area (Å²) < 4.78 is 17.4. The van der Waals surface area contributed by atoms with Gasteiger partial charge in [0.05, 0.1) is 20.3 Å². The van der Waals surface area contributed by atoms with E-state index in [4.69, 9.17) is 14.2 Å². The van der Waals surface area contributed by atoms with Crippen molar-refractivity contribution in [3.05, 3.63) is 88.0 Å². The monoisotopic (exact) mass is 473 g/mol. The minimum Gasteiger partial charge on any atom is -0.493 e. The van der Waals surface area contributed by atoms with Gasteiger partial charge in [0, 0.05) is 12.1 Å². The highest BCUT2D eigenvalue weighted by Crippen LogP contribution is 2.39. The minimum atomic E-state index is -0.252. The third-order valence-corrected chi connectivity index (χ3v) is 6.97. The molecule has 1 amide bonds. The summed E-state index contributed by atoms with van der Waals surface area (Å²) in [5.74, 6) is 2.61. The fourth-order valence-corrected chi connectivity index (χ4v) is 4.62. The zero-order valence-corrected chi connectivity index (χ0v) is 21.6. The Bertz CT molecular complexity index is 1200. The van der Waals surface area contributed by atoms with Gasteiger partial charge in [0.25, 0.3) is 5.91 Å². The molecule has 0 aromatic heterocycles. The summed E-state index contributed by atoms with van der Waals surface area (Å²) in [5.41, 5.74) is 6.43. The van der Waals surface area contributed by atoms with Crippen molar-refractivity contribution in [3.8, 4) is 17.2 Å². The molecule has 0 fully saturated rings. The van der Waals surface area contributed by atoms with Crippen molar-refractivity contribution in [2.75, 3.05) is 27.4 Å². The van der Waals surface area contributed by atoms with Crippen molar-refractivity contribution >= 4 is 5.91 Å². The summed E-state index contributed by atoms with van der Waals surface area (Å²) in [7, 11) is 3.27. The van der Waals surface area contributed by atoms with Crippen LogP contribution in [0.15, 0.2) is 54.6 Å². The van der Waals surface area contributed by atoms with E-state index in [2.05, 4.69) is 32.9 Å². The molecule has 0 aliphatic carbocycles. The molecule has 3 aromatic rings. The average molecular weight is 474 g/mol. The zero-order chi connectivity index (χ0) is 25.1. The maximum atomic E-state index is 13.7. The molecule has 0 bridgehead atoms. The number of rotatable bonds is 7. The van der Waals surface area contributed by atoms with Crippen LogP contribution in [0, 0.1) is 13.8 Å². The van der Waals surface area contributed by atoms with Crippen molar-refractivity contribution in [1.29, 1.82) is 0 Å². The molecular weight excluding hydrogens is 438 g/mol. The molecule has 35 heavy (non-hydrogen) atoms. The number of aryl methyl sites for hydroxylation is 2. The smallest absolute Gasteiger partial charge is 0.254 e. The molecule has 5 nitrogen and oxygen atoms in total. The van der Waals surface area contributed by atoms with Crippen LogP contribution in [0.1, 0.15) is 64.0 Å². The Labute approximate surface area is 208 Å². The van der Waals surface area contributed by atoms with Crippen molar-refractivity contribution in [1.82, 2.24) is 4.90 Å². The Morgan fingerprint density at radius 2 is 1.63 bits per heavy atom. The predicted molar refractivity (Wildman–Crippen MR) is 139 cm³/mol. The van der Waals surface area contributed by atoms with Crippen LogP contribution in [0.4, 0.5) is 0 Å². The molecule has 1 atom stereocenters. The highest BCUT2D eigenvalue weighted by molar-refractivity contribution is 5.95. The highest BCUT2D eigenvalue weighted by Gasteiger charge is 2.33. The van der Waals surface area contributed by atoms with Crippen molar-refractivity contribution in [2.24, 2.45) is 0 Å². The topological polar surface area (TPSA) is 48.0 Å². The number of nitrogens with zero attached hydrogens (tertiary/aromatic N) is 1. The van der Waals surface area contributed by atoms with Gasteiger partial charge < -0.3 is 19.1 Å². The van der Waals surface area contributed by atoms with E-state index in [1.54, 1.807) is 14.2 Å². The molecule has 5 heteroatoms. The molecule has 0 spiro atoms. The van der Waals surface area contributed by atoms with E-state index in [1.807, 2.05) is 54.3 Å².